The van der Waals surface area contributed by atoms with Crippen molar-refractivity contribution in [1.82, 2.24) is 0 Å². The van der Waals surface area contributed by atoms with E-state index in [0.717, 1.165) is 11.1 Å². The van der Waals surface area contributed by atoms with Gasteiger partial charge in [0, 0.05) is 11.8 Å². The molecular formula is C12H14N2. The lowest BCUT2D eigenvalue weighted by atomic mass is 10.2. The normalized spacial score (nSPS) is 10.9. The molecule has 0 heterocycles. The average molecular weight is 186 g/mol. The molecule has 0 saturated carbocycles. The van der Waals surface area contributed by atoms with Crippen LogP contribution < -0.4 is 0 Å². The lowest BCUT2D eigenvalue weighted by Gasteiger charge is -1.97. The van der Waals surface area contributed by atoms with E-state index in [9.17, 15) is 0 Å². The molecule has 0 spiro atoms. The molecule has 0 unspecified atom stereocenters. The van der Waals surface area contributed by atoms with Crippen LogP contribution in [0.5, 0.6) is 0 Å². The van der Waals surface area contributed by atoms with Gasteiger partial charge < -0.3 is 0 Å². The number of benzene rings is 1. The summed E-state index contributed by atoms with van der Waals surface area (Å²) in [4.78, 5) is 8.12. The molecule has 0 fully saturated rings. The maximum absolute atomic E-state index is 4.24. The van der Waals surface area contributed by atoms with Crippen molar-refractivity contribution in [2.24, 2.45) is 9.98 Å². The Morgan fingerprint density at radius 1 is 1.21 bits per heavy atom. The van der Waals surface area contributed by atoms with Crippen LogP contribution in [0, 0.1) is 0 Å². The van der Waals surface area contributed by atoms with E-state index in [0.29, 0.717) is 5.84 Å². The van der Waals surface area contributed by atoms with Crippen LogP contribution in [0.15, 0.2) is 52.1 Å². The van der Waals surface area contributed by atoms with Gasteiger partial charge in [-0.25, -0.2) is 9.98 Å². The second-order valence-electron chi connectivity index (χ2n) is 3.18. The molecule has 72 valence electrons. The highest BCUT2D eigenvalue weighted by molar-refractivity contribution is 6.01. The summed E-state index contributed by atoms with van der Waals surface area (Å²) in [6.45, 7) is 7.50. The minimum atomic E-state index is 0.659. The fourth-order valence-electron chi connectivity index (χ4n) is 0.984. The van der Waals surface area contributed by atoms with E-state index in [2.05, 4.69) is 16.7 Å². The molecule has 0 aromatic heterocycles. The SMILES string of the molecule is C=N/C(=N\C=C(C)C)c1ccccc1. The Labute approximate surface area is 84.7 Å². The Kier molecular flexibility index (Phi) is 3.80. The zero-order valence-electron chi connectivity index (χ0n) is 8.57. The number of rotatable bonds is 2. The molecule has 2 nitrogen and oxygen atoms in total. The van der Waals surface area contributed by atoms with Gasteiger partial charge in [0.1, 0.15) is 0 Å². The molecule has 0 aliphatic heterocycles. The van der Waals surface area contributed by atoms with Gasteiger partial charge in [-0.15, -0.1) is 0 Å². The summed E-state index contributed by atoms with van der Waals surface area (Å²) in [6, 6.07) is 9.81. The number of nitrogens with zero attached hydrogens (tertiary/aromatic N) is 2. The largest absolute Gasteiger partial charge is 0.245 e. The topological polar surface area (TPSA) is 24.7 Å². The van der Waals surface area contributed by atoms with Crippen LogP contribution in [0.3, 0.4) is 0 Å². The number of hydrogen-bond donors (Lipinski definition) is 0. The van der Waals surface area contributed by atoms with Crippen molar-refractivity contribution in [3.63, 3.8) is 0 Å². The van der Waals surface area contributed by atoms with E-state index in [4.69, 9.17) is 0 Å². The molecule has 1 aromatic rings. The Hall–Kier alpha value is -1.70. The molecule has 0 aliphatic carbocycles. The predicted octanol–water partition coefficient (Wildman–Crippen LogP) is 3.06. The maximum Gasteiger partial charge on any atom is 0.158 e. The first-order valence-electron chi connectivity index (χ1n) is 4.47. The third-order valence-electron chi connectivity index (χ3n) is 1.63. The third kappa shape index (κ3) is 2.98. The minimum absolute atomic E-state index is 0.659. The van der Waals surface area contributed by atoms with E-state index in [1.807, 2.05) is 44.2 Å². The van der Waals surface area contributed by atoms with Gasteiger partial charge in [0.25, 0.3) is 0 Å². The fraction of sp³-hybridized carbons (Fsp3) is 0.167. The van der Waals surface area contributed by atoms with E-state index < -0.39 is 0 Å². The van der Waals surface area contributed by atoms with Crippen LogP contribution in [0.1, 0.15) is 19.4 Å². The Bertz CT molecular complexity index is 357. The quantitative estimate of drug-likeness (QED) is 0.501. The van der Waals surface area contributed by atoms with E-state index in [1.54, 1.807) is 6.20 Å². The standard InChI is InChI=1S/C12H14N2/c1-10(2)9-14-12(13-3)11-7-5-4-6-8-11/h4-9H,3H2,1-2H3/b14-12-. The van der Waals surface area contributed by atoms with Crippen molar-refractivity contribution in [3.8, 4) is 0 Å². The summed E-state index contributed by atoms with van der Waals surface area (Å²) >= 11 is 0. The van der Waals surface area contributed by atoms with E-state index >= 15 is 0 Å². The molecule has 0 saturated heterocycles. The van der Waals surface area contributed by atoms with Gasteiger partial charge in [-0.2, -0.15) is 0 Å². The monoisotopic (exact) mass is 186 g/mol. The van der Waals surface area contributed by atoms with Crippen molar-refractivity contribution < 1.29 is 0 Å². The number of hydrogen-bond acceptors (Lipinski definition) is 1. The number of allylic oxidation sites excluding steroid dienone is 1. The first-order valence-corrected chi connectivity index (χ1v) is 4.47. The number of amidine groups is 1. The molecule has 1 rings (SSSR count). The zero-order chi connectivity index (χ0) is 10.4. The van der Waals surface area contributed by atoms with Crippen LogP contribution in [0.2, 0.25) is 0 Å². The van der Waals surface area contributed by atoms with Gasteiger partial charge in [-0.05, 0) is 20.6 Å². The van der Waals surface area contributed by atoms with Gasteiger partial charge in [0.2, 0.25) is 0 Å². The van der Waals surface area contributed by atoms with Crippen LogP contribution in [0.25, 0.3) is 0 Å². The average Bonchev–Trinajstić information content (AvgIpc) is 2.20. The van der Waals surface area contributed by atoms with Gasteiger partial charge >= 0.3 is 0 Å². The van der Waals surface area contributed by atoms with Gasteiger partial charge in [-0.1, -0.05) is 35.9 Å². The van der Waals surface area contributed by atoms with Crippen molar-refractivity contribution in [3.05, 3.63) is 47.7 Å². The molecular weight excluding hydrogens is 172 g/mol. The zero-order valence-corrected chi connectivity index (χ0v) is 8.57. The van der Waals surface area contributed by atoms with Crippen LogP contribution in [-0.4, -0.2) is 12.6 Å². The maximum atomic E-state index is 4.24. The van der Waals surface area contributed by atoms with Crippen molar-refractivity contribution >= 4 is 12.6 Å². The highest BCUT2D eigenvalue weighted by Gasteiger charge is 1.96. The van der Waals surface area contributed by atoms with Gasteiger partial charge in [-0.3, -0.25) is 0 Å². The summed E-state index contributed by atoms with van der Waals surface area (Å²) in [5.74, 6) is 0.659. The number of aliphatic imine (C=N–C) groups is 2. The summed E-state index contributed by atoms with van der Waals surface area (Å²) in [5, 5.41) is 0. The lowest BCUT2D eigenvalue weighted by molar-refractivity contribution is 1.32. The second kappa shape index (κ2) is 5.12. The molecule has 0 aliphatic rings. The van der Waals surface area contributed by atoms with E-state index in [1.165, 1.54) is 0 Å². The molecule has 1 aromatic carbocycles. The highest BCUT2D eigenvalue weighted by Crippen LogP contribution is 2.03. The first-order chi connectivity index (χ1) is 6.74. The van der Waals surface area contributed by atoms with Crippen LogP contribution >= 0.6 is 0 Å². The van der Waals surface area contributed by atoms with Gasteiger partial charge in [0.15, 0.2) is 5.84 Å². The molecule has 2 heteroatoms. The third-order valence-corrected chi connectivity index (χ3v) is 1.63. The van der Waals surface area contributed by atoms with Crippen molar-refractivity contribution in [2.75, 3.05) is 0 Å². The molecule has 0 radical (unpaired) electrons. The van der Waals surface area contributed by atoms with Crippen molar-refractivity contribution in [2.45, 2.75) is 13.8 Å². The Morgan fingerprint density at radius 3 is 2.36 bits per heavy atom. The molecule has 0 amide bonds. The lowest BCUT2D eigenvalue weighted by Crippen LogP contribution is -1.94. The molecule has 14 heavy (non-hydrogen) atoms. The van der Waals surface area contributed by atoms with E-state index in [-0.39, 0.29) is 0 Å². The Morgan fingerprint density at radius 2 is 1.86 bits per heavy atom. The van der Waals surface area contributed by atoms with Crippen LogP contribution in [0.4, 0.5) is 0 Å². The summed E-state index contributed by atoms with van der Waals surface area (Å²) in [5.41, 5.74) is 2.13. The molecule has 0 bridgehead atoms. The molecule has 0 N–H and O–H groups in total. The summed E-state index contributed by atoms with van der Waals surface area (Å²) in [7, 11) is 0. The summed E-state index contributed by atoms with van der Waals surface area (Å²) < 4.78 is 0. The Balaban J connectivity index is 2.99. The smallest absolute Gasteiger partial charge is 0.158 e. The fourth-order valence-corrected chi connectivity index (χ4v) is 0.984. The molecule has 0 atom stereocenters. The van der Waals surface area contributed by atoms with Crippen LogP contribution in [-0.2, 0) is 0 Å². The van der Waals surface area contributed by atoms with Gasteiger partial charge in [0.05, 0.1) is 0 Å². The second-order valence-corrected chi connectivity index (χ2v) is 3.18. The first kappa shape index (κ1) is 10.4. The predicted molar refractivity (Wildman–Crippen MR) is 62.0 cm³/mol. The minimum Gasteiger partial charge on any atom is -0.245 e. The summed E-state index contributed by atoms with van der Waals surface area (Å²) in [6.07, 6.45) is 1.79. The highest BCUT2D eigenvalue weighted by atomic mass is 14.9. The van der Waals surface area contributed by atoms with Crippen molar-refractivity contribution in [1.29, 1.82) is 0 Å².